The zero-order valence-electron chi connectivity index (χ0n) is 11.5. The van der Waals surface area contributed by atoms with Gasteiger partial charge in [0.25, 0.3) is 0 Å². The molecule has 2 rings (SSSR count). The van der Waals surface area contributed by atoms with Gasteiger partial charge >= 0.3 is 0 Å². The quantitative estimate of drug-likeness (QED) is 0.893. The Kier molecular flexibility index (Phi) is 4.66. The lowest BCUT2D eigenvalue weighted by atomic mass is 10.0. The lowest BCUT2D eigenvalue weighted by Gasteiger charge is -2.15. The maximum absolute atomic E-state index is 8.88. The summed E-state index contributed by atoms with van der Waals surface area (Å²) in [6, 6.07) is 10.6. The van der Waals surface area contributed by atoms with Crippen LogP contribution < -0.4 is 0 Å². The molecule has 0 saturated heterocycles. The van der Waals surface area contributed by atoms with Gasteiger partial charge in [-0.2, -0.15) is 0 Å². The van der Waals surface area contributed by atoms with Crippen LogP contribution in [0.25, 0.3) is 11.1 Å². The van der Waals surface area contributed by atoms with Crippen molar-refractivity contribution in [2.75, 3.05) is 20.2 Å². The van der Waals surface area contributed by atoms with Gasteiger partial charge in [0.1, 0.15) is 0 Å². The van der Waals surface area contributed by atoms with Crippen LogP contribution in [-0.2, 0) is 6.54 Å². The van der Waals surface area contributed by atoms with Gasteiger partial charge in [0.05, 0.1) is 6.61 Å². The summed E-state index contributed by atoms with van der Waals surface area (Å²) in [6.07, 6.45) is 3.75. The topological polar surface area (TPSA) is 36.4 Å². The van der Waals surface area contributed by atoms with E-state index in [-0.39, 0.29) is 6.61 Å². The first-order chi connectivity index (χ1) is 9.19. The number of aliphatic hydroxyl groups excluding tert-OH is 1. The average molecular weight is 256 g/mol. The van der Waals surface area contributed by atoms with Gasteiger partial charge in [-0.15, -0.1) is 0 Å². The first-order valence-electron chi connectivity index (χ1n) is 6.49. The highest BCUT2D eigenvalue weighted by Gasteiger charge is 2.02. The fourth-order valence-electron chi connectivity index (χ4n) is 2.08. The van der Waals surface area contributed by atoms with Gasteiger partial charge in [-0.05, 0) is 36.7 Å². The van der Waals surface area contributed by atoms with Crippen molar-refractivity contribution in [3.8, 4) is 11.1 Å². The Morgan fingerprint density at radius 2 is 1.84 bits per heavy atom. The molecule has 3 heteroatoms. The van der Waals surface area contributed by atoms with E-state index in [1.165, 1.54) is 16.7 Å². The summed E-state index contributed by atoms with van der Waals surface area (Å²) in [6.45, 7) is 3.80. The molecule has 0 fully saturated rings. The Morgan fingerprint density at radius 1 is 1.11 bits per heavy atom. The molecule has 1 aromatic heterocycles. The van der Waals surface area contributed by atoms with Crippen LogP contribution in [0.2, 0.25) is 0 Å². The molecular formula is C16H20N2O. The largest absolute Gasteiger partial charge is 0.395 e. The highest BCUT2D eigenvalue weighted by atomic mass is 16.3. The number of hydrogen-bond donors (Lipinski definition) is 1. The van der Waals surface area contributed by atoms with Crippen LogP contribution in [0.4, 0.5) is 0 Å². The Hall–Kier alpha value is -1.71. The van der Waals surface area contributed by atoms with Gasteiger partial charge in [0.15, 0.2) is 0 Å². The maximum atomic E-state index is 8.88. The fourth-order valence-corrected chi connectivity index (χ4v) is 2.08. The molecule has 0 aliphatic rings. The Labute approximate surface area is 114 Å². The van der Waals surface area contributed by atoms with Crippen molar-refractivity contribution in [2.45, 2.75) is 13.5 Å². The van der Waals surface area contributed by atoms with Crippen LogP contribution >= 0.6 is 0 Å². The normalized spacial score (nSPS) is 10.9. The molecular weight excluding hydrogens is 236 g/mol. The first-order valence-corrected chi connectivity index (χ1v) is 6.49. The SMILES string of the molecule is Cc1cncc(-c2ccc(CN(C)CCO)cc2)c1. The summed E-state index contributed by atoms with van der Waals surface area (Å²) >= 11 is 0. The number of benzene rings is 1. The molecule has 0 spiro atoms. The summed E-state index contributed by atoms with van der Waals surface area (Å²) < 4.78 is 0. The van der Waals surface area contributed by atoms with Gasteiger partial charge in [-0.25, -0.2) is 0 Å². The zero-order valence-corrected chi connectivity index (χ0v) is 11.5. The molecule has 0 aliphatic heterocycles. The number of aryl methyl sites for hydroxylation is 1. The van der Waals surface area contributed by atoms with Gasteiger partial charge in [0.2, 0.25) is 0 Å². The van der Waals surface area contributed by atoms with Crippen LogP contribution in [0.5, 0.6) is 0 Å². The molecule has 3 nitrogen and oxygen atoms in total. The van der Waals surface area contributed by atoms with E-state index in [0.29, 0.717) is 6.54 Å². The van der Waals surface area contributed by atoms with Crippen LogP contribution in [-0.4, -0.2) is 35.2 Å². The smallest absolute Gasteiger partial charge is 0.0558 e. The van der Waals surface area contributed by atoms with E-state index in [2.05, 4.69) is 47.1 Å². The minimum atomic E-state index is 0.198. The van der Waals surface area contributed by atoms with Gasteiger partial charge in [-0.1, -0.05) is 24.3 Å². The van der Waals surface area contributed by atoms with Crippen molar-refractivity contribution in [3.63, 3.8) is 0 Å². The molecule has 0 bridgehead atoms. The van der Waals surface area contributed by atoms with Crippen LogP contribution in [0.3, 0.4) is 0 Å². The minimum Gasteiger partial charge on any atom is -0.395 e. The number of aliphatic hydroxyl groups is 1. The predicted octanol–water partition coefficient (Wildman–Crippen LogP) is 2.48. The van der Waals surface area contributed by atoms with Crippen molar-refractivity contribution in [3.05, 3.63) is 53.9 Å². The van der Waals surface area contributed by atoms with Crippen molar-refractivity contribution >= 4 is 0 Å². The Bertz CT molecular complexity index is 523. The molecule has 2 aromatic rings. The highest BCUT2D eigenvalue weighted by Crippen LogP contribution is 2.20. The molecule has 1 N–H and O–H groups in total. The van der Waals surface area contributed by atoms with E-state index in [4.69, 9.17) is 5.11 Å². The molecule has 1 aromatic carbocycles. The van der Waals surface area contributed by atoms with Crippen LogP contribution in [0.1, 0.15) is 11.1 Å². The second-order valence-corrected chi connectivity index (χ2v) is 4.91. The van der Waals surface area contributed by atoms with E-state index in [0.717, 1.165) is 12.1 Å². The molecule has 0 saturated carbocycles. The second kappa shape index (κ2) is 6.45. The molecule has 100 valence electrons. The van der Waals surface area contributed by atoms with Crippen LogP contribution in [0, 0.1) is 6.92 Å². The standard InChI is InChI=1S/C16H20N2O/c1-13-9-16(11-17-10-13)15-5-3-14(4-6-15)12-18(2)7-8-19/h3-6,9-11,19H,7-8,12H2,1-2H3. The van der Waals surface area contributed by atoms with Crippen molar-refractivity contribution in [2.24, 2.45) is 0 Å². The third kappa shape index (κ3) is 3.88. The average Bonchev–Trinajstić information content (AvgIpc) is 2.40. The summed E-state index contributed by atoms with van der Waals surface area (Å²) in [5, 5.41) is 8.88. The number of nitrogens with zero attached hydrogens (tertiary/aromatic N) is 2. The molecule has 19 heavy (non-hydrogen) atoms. The fraction of sp³-hybridized carbons (Fsp3) is 0.312. The second-order valence-electron chi connectivity index (χ2n) is 4.91. The van der Waals surface area contributed by atoms with E-state index in [1.807, 2.05) is 19.4 Å². The number of hydrogen-bond acceptors (Lipinski definition) is 3. The van der Waals surface area contributed by atoms with E-state index >= 15 is 0 Å². The molecule has 0 amide bonds. The monoisotopic (exact) mass is 256 g/mol. The Morgan fingerprint density at radius 3 is 2.47 bits per heavy atom. The lowest BCUT2D eigenvalue weighted by Crippen LogP contribution is -2.21. The maximum Gasteiger partial charge on any atom is 0.0558 e. The molecule has 0 aliphatic carbocycles. The van der Waals surface area contributed by atoms with Crippen LogP contribution in [0.15, 0.2) is 42.7 Å². The van der Waals surface area contributed by atoms with Gasteiger partial charge in [0, 0.05) is 31.0 Å². The number of likely N-dealkylation sites (N-methyl/N-ethyl adjacent to an activating group) is 1. The summed E-state index contributed by atoms with van der Waals surface area (Å²) in [4.78, 5) is 6.32. The van der Waals surface area contributed by atoms with Crippen molar-refractivity contribution in [1.29, 1.82) is 0 Å². The molecule has 0 atom stereocenters. The van der Waals surface area contributed by atoms with Crippen molar-refractivity contribution < 1.29 is 5.11 Å². The summed E-state index contributed by atoms with van der Waals surface area (Å²) in [5.41, 5.74) is 4.75. The van der Waals surface area contributed by atoms with Crippen molar-refractivity contribution in [1.82, 2.24) is 9.88 Å². The molecule has 0 unspecified atom stereocenters. The summed E-state index contributed by atoms with van der Waals surface area (Å²) in [7, 11) is 2.01. The van der Waals surface area contributed by atoms with E-state index in [9.17, 15) is 0 Å². The van der Waals surface area contributed by atoms with E-state index in [1.54, 1.807) is 0 Å². The summed E-state index contributed by atoms with van der Waals surface area (Å²) in [5.74, 6) is 0. The zero-order chi connectivity index (χ0) is 13.7. The third-order valence-corrected chi connectivity index (χ3v) is 3.10. The minimum absolute atomic E-state index is 0.198. The first kappa shape index (κ1) is 13.7. The predicted molar refractivity (Wildman–Crippen MR) is 77.8 cm³/mol. The number of aromatic nitrogens is 1. The number of pyridine rings is 1. The molecule has 0 radical (unpaired) electrons. The lowest BCUT2D eigenvalue weighted by molar-refractivity contribution is 0.217. The van der Waals surface area contributed by atoms with E-state index < -0.39 is 0 Å². The molecule has 1 heterocycles. The Balaban J connectivity index is 2.10. The van der Waals surface area contributed by atoms with Gasteiger partial charge < -0.3 is 5.11 Å². The number of rotatable bonds is 5. The highest BCUT2D eigenvalue weighted by molar-refractivity contribution is 5.63. The van der Waals surface area contributed by atoms with Gasteiger partial charge in [-0.3, -0.25) is 9.88 Å². The third-order valence-electron chi connectivity index (χ3n) is 3.10.